The number of aromatic nitrogens is 1. The second-order valence-electron chi connectivity index (χ2n) is 4.49. The van der Waals surface area contributed by atoms with Crippen molar-refractivity contribution in [1.29, 1.82) is 0 Å². The molecule has 2 heterocycles. The van der Waals surface area contributed by atoms with E-state index in [2.05, 4.69) is 17.2 Å². The molecule has 2 N–H and O–H groups in total. The first-order valence-electron chi connectivity index (χ1n) is 6.19. The van der Waals surface area contributed by atoms with Crippen molar-refractivity contribution in [1.82, 2.24) is 15.2 Å². The highest BCUT2D eigenvalue weighted by Gasteiger charge is 2.27. The number of amides is 1. The summed E-state index contributed by atoms with van der Waals surface area (Å²) < 4.78 is 0. The van der Waals surface area contributed by atoms with Crippen molar-refractivity contribution < 1.29 is 4.79 Å². The second kappa shape index (κ2) is 5.95. The molecule has 6 heteroatoms. The van der Waals surface area contributed by atoms with Crippen LogP contribution in [0.4, 0.5) is 0 Å². The van der Waals surface area contributed by atoms with Crippen LogP contribution in [0.25, 0.3) is 0 Å². The van der Waals surface area contributed by atoms with Crippen LogP contribution in [0.2, 0.25) is 10.2 Å². The van der Waals surface area contributed by atoms with Crippen LogP contribution in [0.1, 0.15) is 30.3 Å². The highest BCUT2D eigenvalue weighted by atomic mass is 35.5. The Hall–Kier alpha value is -0.710. The minimum Gasteiger partial charge on any atom is -0.340 e. The van der Waals surface area contributed by atoms with Crippen LogP contribution in [-0.2, 0) is 0 Å². The van der Waals surface area contributed by atoms with Gasteiger partial charge in [0.05, 0.1) is 5.02 Å². The Morgan fingerprint density at radius 2 is 2.33 bits per heavy atom. The molecule has 0 radical (unpaired) electrons. The largest absolute Gasteiger partial charge is 0.340 e. The first-order valence-corrected chi connectivity index (χ1v) is 6.94. The maximum absolute atomic E-state index is 12.4. The molecule has 1 saturated heterocycles. The number of carbonyl (C=O) groups is 1. The maximum Gasteiger partial charge on any atom is 0.270 e. The van der Waals surface area contributed by atoms with E-state index < -0.39 is 0 Å². The number of hydrogen-bond donors (Lipinski definition) is 2. The van der Waals surface area contributed by atoms with E-state index in [0.717, 1.165) is 32.5 Å². The third kappa shape index (κ3) is 2.82. The minimum atomic E-state index is -0.0284. The third-order valence-corrected chi connectivity index (χ3v) is 3.85. The van der Waals surface area contributed by atoms with Crippen LogP contribution in [0.3, 0.4) is 0 Å². The average Bonchev–Trinajstić information content (AvgIpc) is 2.97. The molecular weight excluding hydrogens is 273 g/mol. The normalized spacial score (nSPS) is 19.2. The SMILES string of the molecule is CCCN(C(=O)c1cc(Cl)c(Cl)[nH]1)C1CCNC1. The molecule has 100 valence electrons. The number of H-pyrrole nitrogens is 1. The molecule has 4 nitrogen and oxygen atoms in total. The standard InChI is InChI=1S/C12H17Cl2N3O/c1-2-5-17(8-3-4-15-7-8)12(18)10-6-9(13)11(14)16-10/h6,8,15-16H,2-5,7H2,1H3. The van der Waals surface area contributed by atoms with Gasteiger partial charge in [0.15, 0.2) is 0 Å². The monoisotopic (exact) mass is 289 g/mol. The van der Waals surface area contributed by atoms with Gasteiger partial charge in [-0.2, -0.15) is 0 Å². The molecule has 1 fully saturated rings. The lowest BCUT2D eigenvalue weighted by Gasteiger charge is -2.27. The highest BCUT2D eigenvalue weighted by Crippen LogP contribution is 2.23. The molecular formula is C12H17Cl2N3O. The molecule has 0 bridgehead atoms. The maximum atomic E-state index is 12.4. The average molecular weight is 290 g/mol. The summed E-state index contributed by atoms with van der Waals surface area (Å²) in [5.41, 5.74) is 0.463. The molecule has 1 aliphatic rings. The fourth-order valence-corrected chi connectivity index (χ4v) is 2.58. The number of nitrogens with zero attached hydrogens (tertiary/aromatic N) is 1. The number of aromatic amines is 1. The van der Waals surface area contributed by atoms with Gasteiger partial charge in [0, 0.05) is 19.1 Å². The Balaban J connectivity index is 2.16. The van der Waals surface area contributed by atoms with E-state index in [1.165, 1.54) is 0 Å². The number of nitrogens with one attached hydrogen (secondary N) is 2. The highest BCUT2D eigenvalue weighted by molar-refractivity contribution is 6.41. The molecule has 0 aliphatic carbocycles. The molecule has 1 amide bonds. The van der Waals surface area contributed by atoms with Gasteiger partial charge in [0.2, 0.25) is 0 Å². The Morgan fingerprint density at radius 3 is 2.83 bits per heavy atom. The molecule has 2 rings (SSSR count). The molecule has 18 heavy (non-hydrogen) atoms. The van der Waals surface area contributed by atoms with Crippen LogP contribution >= 0.6 is 23.2 Å². The molecule has 1 aromatic heterocycles. The summed E-state index contributed by atoms with van der Waals surface area (Å²) >= 11 is 11.7. The first-order chi connectivity index (χ1) is 8.63. The smallest absolute Gasteiger partial charge is 0.270 e. The summed E-state index contributed by atoms with van der Waals surface area (Å²) in [5.74, 6) is -0.0284. The van der Waals surface area contributed by atoms with Gasteiger partial charge < -0.3 is 15.2 Å². The summed E-state index contributed by atoms with van der Waals surface area (Å²) in [7, 11) is 0. The number of hydrogen-bond acceptors (Lipinski definition) is 2. The predicted octanol–water partition coefficient (Wildman–Crippen LogP) is 2.54. The lowest BCUT2D eigenvalue weighted by molar-refractivity contribution is 0.0687. The van der Waals surface area contributed by atoms with E-state index in [9.17, 15) is 4.79 Å². The lowest BCUT2D eigenvalue weighted by Crippen LogP contribution is -2.42. The Kier molecular flexibility index (Phi) is 4.54. The predicted molar refractivity (Wildman–Crippen MR) is 73.4 cm³/mol. The molecule has 1 aromatic rings. The van der Waals surface area contributed by atoms with Gasteiger partial charge in [-0.05, 0) is 25.5 Å². The number of carbonyl (C=O) groups excluding carboxylic acids is 1. The fourth-order valence-electron chi connectivity index (χ4n) is 2.27. The Labute approximate surface area is 117 Å². The Bertz CT molecular complexity index is 407. The number of halogens is 2. The van der Waals surface area contributed by atoms with Crippen LogP contribution < -0.4 is 5.32 Å². The summed E-state index contributed by atoms with van der Waals surface area (Å²) in [6.07, 6.45) is 1.93. The van der Waals surface area contributed by atoms with E-state index in [-0.39, 0.29) is 11.9 Å². The summed E-state index contributed by atoms with van der Waals surface area (Å²) in [6.45, 7) is 4.63. The third-order valence-electron chi connectivity index (χ3n) is 3.16. The topological polar surface area (TPSA) is 48.1 Å². The van der Waals surface area contributed by atoms with Gasteiger partial charge in [-0.3, -0.25) is 4.79 Å². The van der Waals surface area contributed by atoms with Crippen molar-refractivity contribution in [3.63, 3.8) is 0 Å². The van der Waals surface area contributed by atoms with Gasteiger partial charge in [-0.25, -0.2) is 0 Å². The van der Waals surface area contributed by atoms with Crippen molar-refractivity contribution in [2.45, 2.75) is 25.8 Å². The van der Waals surface area contributed by atoms with E-state index in [4.69, 9.17) is 23.2 Å². The number of rotatable bonds is 4. The van der Waals surface area contributed by atoms with E-state index in [0.29, 0.717) is 15.9 Å². The molecule has 1 atom stereocenters. The second-order valence-corrected chi connectivity index (χ2v) is 5.28. The Morgan fingerprint density at radius 1 is 1.56 bits per heavy atom. The summed E-state index contributed by atoms with van der Waals surface area (Å²) in [5, 5.41) is 3.99. The van der Waals surface area contributed by atoms with E-state index >= 15 is 0 Å². The quantitative estimate of drug-likeness (QED) is 0.895. The van der Waals surface area contributed by atoms with Gasteiger partial charge >= 0.3 is 0 Å². The zero-order valence-electron chi connectivity index (χ0n) is 10.3. The van der Waals surface area contributed by atoms with Crippen LogP contribution in [0, 0.1) is 0 Å². The molecule has 1 unspecified atom stereocenters. The summed E-state index contributed by atoms with van der Waals surface area (Å²) in [4.78, 5) is 17.2. The van der Waals surface area contributed by atoms with Crippen LogP contribution in [0.15, 0.2) is 6.07 Å². The summed E-state index contributed by atoms with van der Waals surface area (Å²) in [6, 6.07) is 1.86. The molecule has 0 aromatic carbocycles. The van der Waals surface area contributed by atoms with E-state index in [1.54, 1.807) is 6.07 Å². The van der Waals surface area contributed by atoms with Crippen LogP contribution in [0.5, 0.6) is 0 Å². The van der Waals surface area contributed by atoms with Crippen molar-refractivity contribution in [2.75, 3.05) is 19.6 Å². The lowest BCUT2D eigenvalue weighted by atomic mass is 10.2. The van der Waals surface area contributed by atoms with Gasteiger partial charge in [-0.1, -0.05) is 30.1 Å². The van der Waals surface area contributed by atoms with Gasteiger partial charge in [0.25, 0.3) is 5.91 Å². The van der Waals surface area contributed by atoms with Gasteiger partial charge in [-0.15, -0.1) is 0 Å². The van der Waals surface area contributed by atoms with Crippen molar-refractivity contribution in [2.24, 2.45) is 0 Å². The van der Waals surface area contributed by atoms with Crippen molar-refractivity contribution >= 4 is 29.1 Å². The van der Waals surface area contributed by atoms with Crippen molar-refractivity contribution in [3.8, 4) is 0 Å². The molecule has 0 spiro atoms. The molecule has 1 aliphatic heterocycles. The first kappa shape index (κ1) is 13.7. The van der Waals surface area contributed by atoms with Crippen molar-refractivity contribution in [3.05, 3.63) is 21.9 Å². The zero-order chi connectivity index (χ0) is 13.1. The molecule has 0 saturated carbocycles. The van der Waals surface area contributed by atoms with E-state index in [1.807, 2.05) is 4.90 Å². The minimum absolute atomic E-state index is 0.0284. The zero-order valence-corrected chi connectivity index (χ0v) is 11.8. The van der Waals surface area contributed by atoms with Gasteiger partial charge in [0.1, 0.15) is 10.8 Å². The van der Waals surface area contributed by atoms with Crippen LogP contribution in [-0.4, -0.2) is 41.5 Å². The fraction of sp³-hybridized carbons (Fsp3) is 0.583.